The summed E-state index contributed by atoms with van der Waals surface area (Å²) in [6.45, 7) is 4.05. The van der Waals surface area contributed by atoms with Crippen molar-refractivity contribution in [3.05, 3.63) is 28.2 Å². The largest absolute Gasteiger partial charge is 0.496 e. The Morgan fingerprint density at radius 3 is 2.61 bits per heavy atom. The van der Waals surface area contributed by atoms with Gasteiger partial charge in [-0.2, -0.15) is 0 Å². The summed E-state index contributed by atoms with van der Waals surface area (Å²) in [4.78, 5) is 12.0. The van der Waals surface area contributed by atoms with Gasteiger partial charge in [-0.15, -0.1) is 11.6 Å². The molecule has 5 heteroatoms. The molecule has 0 saturated carbocycles. The minimum atomic E-state index is -0.127. The van der Waals surface area contributed by atoms with Crippen molar-refractivity contribution in [3.63, 3.8) is 0 Å². The number of carbonyl (C=O) groups excluding carboxylic acids is 1. The lowest BCUT2D eigenvalue weighted by molar-refractivity contribution is 0.0931. The third-order valence-electron chi connectivity index (χ3n) is 2.70. The lowest BCUT2D eigenvalue weighted by Gasteiger charge is -2.19. The van der Waals surface area contributed by atoms with Gasteiger partial charge in [0.2, 0.25) is 0 Å². The maximum atomic E-state index is 12.0. The molecule has 1 amide bonds. The summed E-state index contributed by atoms with van der Waals surface area (Å²) < 4.78 is 5.87. The van der Waals surface area contributed by atoms with Crippen LogP contribution < -0.4 is 10.1 Å². The van der Waals surface area contributed by atoms with E-state index in [1.807, 2.05) is 13.8 Å². The Kier molecular flexibility index (Phi) is 5.96. The minimum absolute atomic E-state index is 0.0277. The fourth-order valence-corrected chi connectivity index (χ4v) is 2.42. The second-order valence-corrected chi connectivity index (χ2v) is 5.49. The summed E-state index contributed by atoms with van der Waals surface area (Å²) in [6, 6.07) is 5.19. The standard InChI is InChI=1S/C13H17BrClNO2/c1-8(2)11(7-15)16-13(17)9-4-5-12(18-3)10(14)6-9/h4-6,8,11H,7H2,1-3H3,(H,16,17). The van der Waals surface area contributed by atoms with Crippen LogP contribution in [0.4, 0.5) is 0 Å². The molecule has 1 N–H and O–H groups in total. The van der Waals surface area contributed by atoms with Gasteiger partial charge in [0.25, 0.3) is 5.91 Å². The molecule has 0 saturated heterocycles. The van der Waals surface area contributed by atoms with Gasteiger partial charge in [0, 0.05) is 17.5 Å². The molecule has 18 heavy (non-hydrogen) atoms. The molecule has 0 heterocycles. The van der Waals surface area contributed by atoms with Crippen molar-refractivity contribution in [3.8, 4) is 5.75 Å². The molecular weight excluding hydrogens is 318 g/mol. The fourth-order valence-electron chi connectivity index (χ4n) is 1.44. The van der Waals surface area contributed by atoms with E-state index in [1.54, 1.807) is 25.3 Å². The average molecular weight is 335 g/mol. The number of carbonyl (C=O) groups is 1. The van der Waals surface area contributed by atoms with Crippen molar-refractivity contribution in [2.45, 2.75) is 19.9 Å². The van der Waals surface area contributed by atoms with Crippen LogP contribution in [0.2, 0.25) is 0 Å². The van der Waals surface area contributed by atoms with E-state index in [1.165, 1.54) is 0 Å². The number of hydrogen-bond donors (Lipinski definition) is 1. The number of benzene rings is 1. The maximum absolute atomic E-state index is 12.0. The van der Waals surface area contributed by atoms with Crippen LogP contribution in [-0.2, 0) is 0 Å². The molecule has 1 aromatic carbocycles. The molecular formula is C13H17BrClNO2. The summed E-state index contributed by atoms with van der Waals surface area (Å²) in [6.07, 6.45) is 0. The van der Waals surface area contributed by atoms with Crippen LogP contribution in [0.5, 0.6) is 5.75 Å². The molecule has 0 spiro atoms. The number of alkyl halides is 1. The van der Waals surface area contributed by atoms with Gasteiger partial charge in [-0.1, -0.05) is 13.8 Å². The van der Waals surface area contributed by atoms with Crippen LogP contribution >= 0.6 is 27.5 Å². The predicted octanol–water partition coefficient (Wildman–Crippen LogP) is 3.45. The topological polar surface area (TPSA) is 38.3 Å². The van der Waals surface area contributed by atoms with Gasteiger partial charge >= 0.3 is 0 Å². The first-order valence-electron chi connectivity index (χ1n) is 5.70. The normalized spacial score (nSPS) is 12.3. The molecule has 3 nitrogen and oxygen atoms in total. The number of nitrogens with one attached hydrogen (secondary N) is 1. The van der Waals surface area contributed by atoms with Gasteiger partial charge < -0.3 is 10.1 Å². The van der Waals surface area contributed by atoms with Gasteiger partial charge in [-0.25, -0.2) is 0 Å². The Balaban J connectivity index is 2.81. The Labute approximate surface area is 121 Å². The number of halogens is 2. The molecule has 0 aliphatic heterocycles. The summed E-state index contributed by atoms with van der Waals surface area (Å²) in [5.41, 5.74) is 0.582. The molecule has 0 fully saturated rings. The average Bonchev–Trinajstić information content (AvgIpc) is 2.35. The second-order valence-electron chi connectivity index (χ2n) is 4.33. The van der Waals surface area contributed by atoms with Crippen LogP contribution in [-0.4, -0.2) is 24.9 Å². The zero-order valence-electron chi connectivity index (χ0n) is 10.7. The zero-order valence-corrected chi connectivity index (χ0v) is 13.0. The number of hydrogen-bond acceptors (Lipinski definition) is 2. The first-order chi connectivity index (χ1) is 8.49. The molecule has 1 unspecified atom stereocenters. The number of methoxy groups -OCH3 is 1. The van der Waals surface area contributed by atoms with E-state index < -0.39 is 0 Å². The number of amides is 1. The van der Waals surface area contributed by atoms with E-state index in [-0.39, 0.29) is 11.9 Å². The van der Waals surface area contributed by atoms with E-state index >= 15 is 0 Å². The van der Waals surface area contributed by atoms with Gasteiger partial charge in [0.1, 0.15) is 5.75 Å². The van der Waals surface area contributed by atoms with Crippen LogP contribution in [0.3, 0.4) is 0 Å². The smallest absolute Gasteiger partial charge is 0.251 e. The van der Waals surface area contributed by atoms with Crippen LogP contribution in [0, 0.1) is 5.92 Å². The molecule has 0 aromatic heterocycles. The lowest BCUT2D eigenvalue weighted by atomic mass is 10.1. The molecule has 1 atom stereocenters. The Morgan fingerprint density at radius 2 is 2.17 bits per heavy atom. The fraction of sp³-hybridized carbons (Fsp3) is 0.462. The first kappa shape index (κ1) is 15.3. The SMILES string of the molecule is COc1ccc(C(=O)NC(CCl)C(C)C)cc1Br. The van der Waals surface area contributed by atoms with Crippen LogP contribution in [0.25, 0.3) is 0 Å². The second kappa shape index (κ2) is 7.00. The molecule has 1 aromatic rings. The van der Waals surface area contributed by atoms with Gasteiger partial charge in [0.15, 0.2) is 0 Å². The number of rotatable bonds is 5. The third kappa shape index (κ3) is 3.89. The van der Waals surface area contributed by atoms with Crippen molar-refractivity contribution in [1.82, 2.24) is 5.32 Å². The Bertz CT molecular complexity index is 423. The summed E-state index contributed by atoms with van der Waals surface area (Å²) >= 11 is 9.19. The summed E-state index contributed by atoms with van der Waals surface area (Å²) in [5.74, 6) is 1.27. The Hall–Kier alpha value is -0.740. The molecule has 0 radical (unpaired) electrons. The molecule has 1 rings (SSSR count). The van der Waals surface area contributed by atoms with Gasteiger partial charge in [-0.05, 0) is 40.0 Å². The maximum Gasteiger partial charge on any atom is 0.251 e. The van der Waals surface area contributed by atoms with Crippen molar-refractivity contribution in [2.24, 2.45) is 5.92 Å². The summed E-state index contributed by atoms with van der Waals surface area (Å²) in [5, 5.41) is 2.91. The Morgan fingerprint density at radius 1 is 1.50 bits per heavy atom. The first-order valence-corrected chi connectivity index (χ1v) is 7.02. The quantitative estimate of drug-likeness (QED) is 0.838. The van der Waals surface area contributed by atoms with Gasteiger partial charge in [0.05, 0.1) is 11.6 Å². The summed E-state index contributed by atoms with van der Waals surface area (Å²) in [7, 11) is 1.59. The van der Waals surface area contributed by atoms with Gasteiger partial charge in [-0.3, -0.25) is 4.79 Å². The highest BCUT2D eigenvalue weighted by Gasteiger charge is 2.16. The van der Waals surface area contributed by atoms with Crippen molar-refractivity contribution >= 4 is 33.4 Å². The van der Waals surface area contributed by atoms with Crippen molar-refractivity contribution < 1.29 is 9.53 Å². The van der Waals surface area contributed by atoms with E-state index in [0.717, 1.165) is 4.47 Å². The highest BCUT2D eigenvalue weighted by Crippen LogP contribution is 2.25. The minimum Gasteiger partial charge on any atom is -0.496 e. The van der Waals surface area contributed by atoms with Crippen LogP contribution in [0.1, 0.15) is 24.2 Å². The van der Waals surface area contributed by atoms with Crippen LogP contribution in [0.15, 0.2) is 22.7 Å². The highest BCUT2D eigenvalue weighted by atomic mass is 79.9. The molecule has 0 aliphatic carbocycles. The van der Waals surface area contributed by atoms with E-state index in [0.29, 0.717) is 23.1 Å². The molecule has 0 aliphatic rings. The third-order valence-corrected chi connectivity index (χ3v) is 3.65. The predicted molar refractivity (Wildman–Crippen MR) is 77.5 cm³/mol. The lowest BCUT2D eigenvalue weighted by Crippen LogP contribution is -2.39. The highest BCUT2D eigenvalue weighted by molar-refractivity contribution is 9.10. The number of ether oxygens (including phenoxy) is 1. The van der Waals surface area contributed by atoms with E-state index in [2.05, 4.69) is 21.2 Å². The zero-order chi connectivity index (χ0) is 13.7. The van der Waals surface area contributed by atoms with E-state index in [9.17, 15) is 4.79 Å². The van der Waals surface area contributed by atoms with Crippen molar-refractivity contribution in [1.29, 1.82) is 0 Å². The molecule has 0 bridgehead atoms. The monoisotopic (exact) mass is 333 g/mol. The van der Waals surface area contributed by atoms with E-state index in [4.69, 9.17) is 16.3 Å². The molecule has 100 valence electrons. The van der Waals surface area contributed by atoms with Crippen molar-refractivity contribution in [2.75, 3.05) is 13.0 Å².